The van der Waals surface area contributed by atoms with E-state index in [0.717, 1.165) is 12.8 Å². The largest absolute Gasteiger partial charge is 0.356 e. The summed E-state index contributed by atoms with van der Waals surface area (Å²) >= 11 is 5.39. The number of carbonyl (C=O) groups excluding carboxylic acids is 5. The Hall–Kier alpha value is -2.57. The highest BCUT2D eigenvalue weighted by molar-refractivity contribution is 6.29. The van der Waals surface area contributed by atoms with Crippen molar-refractivity contribution in [2.45, 2.75) is 82.9 Å². The van der Waals surface area contributed by atoms with Crippen LogP contribution in [0.25, 0.3) is 0 Å². The Balaban J connectivity index is 1.87. The zero-order chi connectivity index (χ0) is 28.9. The molecule has 0 unspecified atom stereocenters. The molecular weight excluding hydrogens is 543 g/mol. The molecule has 3 N–H and O–H groups in total. The topological polar surface area (TPSA) is 128 Å². The lowest BCUT2D eigenvalue weighted by Crippen LogP contribution is -2.60. The molecule has 5 amide bonds. The summed E-state index contributed by atoms with van der Waals surface area (Å²) in [5.41, 5.74) is -0.0713. The average molecular weight is 580 g/mol. The smallest absolute Gasteiger partial charge is 0.315 e. The monoisotopic (exact) mass is 579 g/mol. The fourth-order valence-electron chi connectivity index (χ4n) is 6.14. The minimum atomic E-state index is -3.31. The molecule has 0 aromatic rings. The van der Waals surface area contributed by atoms with Crippen LogP contribution >= 0.6 is 11.6 Å². The molecule has 2 saturated heterocycles. The lowest BCUT2D eigenvalue weighted by molar-refractivity contribution is -0.151. The second-order valence-corrected chi connectivity index (χ2v) is 10.9. The number of likely N-dealkylation sites (tertiary alicyclic amines) is 1. The predicted molar refractivity (Wildman–Crippen MR) is 135 cm³/mol. The molecule has 3 fully saturated rings. The Bertz CT molecular complexity index is 938. The van der Waals surface area contributed by atoms with Crippen LogP contribution in [0.15, 0.2) is 0 Å². The molecule has 0 spiro atoms. The zero-order valence-corrected chi connectivity index (χ0v) is 22.9. The van der Waals surface area contributed by atoms with Gasteiger partial charge in [0, 0.05) is 13.1 Å². The molecule has 14 heteroatoms. The van der Waals surface area contributed by atoms with E-state index in [1.54, 1.807) is 13.8 Å². The van der Waals surface area contributed by atoms with E-state index in [1.165, 1.54) is 4.90 Å². The first-order valence-corrected chi connectivity index (χ1v) is 14.0. The predicted octanol–water partition coefficient (Wildman–Crippen LogP) is 1.72. The highest BCUT2D eigenvalue weighted by Crippen LogP contribution is 2.43. The van der Waals surface area contributed by atoms with Crippen molar-refractivity contribution in [1.29, 1.82) is 0 Å². The maximum atomic E-state index is 13.9. The molecule has 0 radical (unpaired) electrons. The van der Waals surface area contributed by atoms with Gasteiger partial charge in [-0.3, -0.25) is 29.4 Å². The summed E-state index contributed by atoms with van der Waals surface area (Å²) in [4.78, 5) is 65.4. The number of fused-ring (bicyclic) bond motifs is 1. The Morgan fingerprint density at radius 1 is 1.10 bits per heavy atom. The average Bonchev–Trinajstić information content (AvgIpc) is 3.50. The number of halogens is 4. The minimum absolute atomic E-state index is 0.0342. The number of nitrogens with one attached hydrogen (secondary N) is 3. The number of alkyl halides is 4. The second kappa shape index (κ2) is 13.7. The van der Waals surface area contributed by atoms with E-state index in [-0.39, 0.29) is 30.8 Å². The van der Waals surface area contributed by atoms with Crippen molar-refractivity contribution >= 4 is 41.1 Å². The van der Waals surface area contributed by atoms with Crippen LogP contribution in [0.1, 0.15) is 58.8 Å². The Labute approximate surface area is 230 Å². The van der Waals surface area contributed by atoms with Crippen molar-refractivity contribution in [2.75, 3.05) is 19.6 Å². The van der Waals surface area contributed by atoms with E-state index in [4.69, 9.17) is 11.6 Å². The van der Waals surface area contributed by atoms with Crippen LogP contribution in [0.3, 0.4) is 0 Å². The SMILES string of the molecule is CCC(CC)[C@H](NC(=O)C(F)F)C(=O)N1C[C@@H]2CCC[C@@H]2[C@H]1C(=O)NN(C[C@@H]1CCCNC1=O)C(=O)[C@H](F)Cl. The van der Waals surface area contributed by atoms with Crippen molar-refractivity contribution in [3.63, 3.8) is 0 Å². The fraction of sp³-hybridized carbons (Fsp3) is 0.800. The van der Waals surface area contributed by atoms with Crippen LogP contribution in [-0.4, -0.2) is 83.2 Å². The third-order valence-electron chi connectivity index (χ3n) is 8.22. The van der Waals surface area contributed by atoms with Gasteiger partial charge < -0.3 is 15.5 Å². The number of hydrazine groups is 1. The third kappa shape index (κ3) is 7.15. The van der Waals surface area contributed by atoms with Crippen LogP contribution in [0.5, 0.6) is 0 Å². The number of carbonyl (C=O) groups is 5. The first-order valence-electron chi connectivity index (χ1n) is 13.6. The molecular formula is C25H37ClF3N5O5. The molecule has 1 aliphatic carbocycles. The van der Waals surface area contributed by atoms with Crippen molar-refractivity contribution in [3.8, 4) is 0 Å². The number of piperidine rings is 1. The molecule has 0 bridgehead atoms. The standard InChI is InChI=1S/C25H37ClF3N5O5/c1-3-13(4-2)17(31-23(37)20(28)29)24(38)33-11-14-7-5-9-16(14)18(33)22(36)32-34(25(39)19(26)27)12-15-8-6-10-30-21(15)35/h13-20H,3-12H2,1-2H3,(H,30,35)(H,31,37)(H,32,36)/t14-,15-,16-,17-,18-,19-/m0/s1. The van der Waals surface area contributed by atoms with Crippen LogP contribution in [0, 0.1) is 23.7 Å². The summed E-state index contributed by atoms with van der Waals surface area (Å²) in [6, 6.07) is -2.34. The highest BCUT2D eigenvalue weighted by atomic mass is 35.5. The molecule has 220 valence electrons. The quantitative estimate of drug-likeness (QED) is 0.268. The van der Waals surface area contributed by atoms with Crippen LogP contribution in [0.2, 0.25) is 0 Å². The van der Waals surface area contributed by atoms with E-state index < -0.39 is 59.6 Å². The fourth-order valence-corrected chi connectivity index (χ4v) is 6.26. The zero-order valence-electron chi connectivity index (χ0n) is 22.1. The normalized spacial score (nSPS) is 26.2. The minimum Gasteiger partial charge on any atom is -0.356 e. The summed E-state index contributed by atoms with van der Waals surface area (Å²) in [7, 11) is 0. The lowest BCUT2D eigenvalue weighted by atomic mass is 9.91. The summed E-state index contributed by atoms with van der Waals surface area (Å²) in [5.74, 6) is -6.02. The molecule has 0 aromatic carbocycles. The molecule has 3 aliphatic rings. The second-order valence-electron chi connectivity index (χ2n) is 10.5. The van der Waals surface area contributed by atoms with Crippen LogP contribution < -0.4 is 16.1 Å². The summed E-state index contributed by atoms with van der Waals surface area (Å²) in [6.07, 6.45) is 0.779. The van der Waals surface area contributed by atoms with Gasteiger partial charge in [0.15, 0.2) is 0 Å². The maximum absolute atomic E-state index is 13.9. The Morgan fingerprint density at radius 2 is 1.79 bits per heavy atom. The third-order valence-corrected chi connectivity index (χ3v) is 8.41. The molecule has 3 rings (SSSR count). The van der Waals surface area contributed by atoms with Crippen molar-refractivity contribution in [2.24, 2.45) is 23.7 Å². The highest BCUT2D eigenvalue weighted by Gasteiger charge is 2.51. The van der Waals surface area contributed by atoms with Crippen molar-refractivity contribution in [3.05, 3.63) is 0 Å². The van der Waals surface area contributed by atoms with Crippen LogP contribution in [-0.2, 0) is 24.0 Å². The van der Waals surface area contributed by atoms with E-state index in [0.29, 0.717) is 43.7 Å². The molecule has 2 aliphatic heterocycles. The van der Waals surface area contributed by atoms with Crippen LogP contribution in [0.4, 0.5) is 13.2 Å². The summed E-state index contributed by atoms with van der Waals surface area (Å²) in [5, 5.41) is 5.52. The van der Waals surface area contributed by atoms with Gasteiger partial charge in [-0.1, -0.05) is 44.7 Å². The summed E-state index contributed by atoms with van der Waals surface area (Å²) < 4.78 is 40.0. The van der Waals surface area contributed by atoms with Gasteiger partial charge in [-0.25, -0.2) is 9.40 Å². The lowest BCUT2D eigenvalue weighted by Gasteiger charge is -2.35. The number of rotatable bonds is 10. The molecule has 0 aromatic heterocycles. The Kier molecular flexibility index (Phi) is 10.9. The van der Waals surface area contributed by atoms with Crippen molar-refractivity contribution < 1.29 is 37.1 Å². The van der Waals surface area contributed by atoms with Gasteiger partial charge in [0.1, 0.15) is 12.1 Å². The van der Waals surface area contributed by atoms with Crippen molar-refractivity contribution in [1.82, 2.24) is 26.0 Å². The number of nitrogens with zero attached hydrogens (tertiary/aromatic N) is 2. The van der Waals surface area contributed by atoms with E-state index >= 15 is 0 Å². The van der Waals surface area contributed by atoms with Gasteiger partial charge in [-0.2, -0.15) is 8.78 Å². The number of hydrogen-bond donors (Lipinski definition) is 3. The summed E-state index contributed by atoms with van der Waals surface area (Å²) in [6.45, 7) is 3.90. The van der Waals surface area contributed by atoms with E-state index in [2.05, 4.69) is 16.1 Å². The van der Waals surface area contributed by atoms with E-state index in [9.17, 15) is 37.1 Å². The Morgan fingerprint density at radius 3 is 2.38 bits per heavy atom. The number of amides is 5. The molecule has 10 nitrogen and oxygen atoms in total. The molecule has 2 heterocycles. The van der Waals surface area contributed by atoms with Gasteiger partial charge in [0.25, 0.3) is 23.4 Å². The van der Waals surface area contributed by atoms with Gasteiger partial charge in [0.05, 0.1) is 12.5 Å². The first-order chi connectivity index (χ1) is 18.5. The van der Waals surface area contributed by atoms with Gasteiger partial charge in [0.2, 0.25) is 11.8 Å². The number of hydrogen-bond acceptors (Lipinski definition) is 5. The molecule has 1 saturated carbocycles. The van der Waals surface area contributed by atoms with E-state index in [1.807, 2.05) is 0 Å². The van der Waals surface area contributed by atoms with Gasteiger partial charge >= 0.3 is 6.43 Å². The maximum Gasteiger partial charge on any atom is 0.315 e. The molecule has 6 atom stereocenters. The first kappa shape index (κ1) is 31.0. The van der Waals surface area contributed by atoms with Gasteiger partial charge in [-0.05, 0) is 43.4 Å². The van der Waals surface area contributed by atoms with Gasteiger partial charge in [-0.15, -0.1) is 0 Å². The molecule has 39 heavy (non-hydrogen) atoms.